The Morgan fingerprint density at radius 3 is 2.60 bits per heavy atom. The summed E-state index contributed by atoms with van der Waals surface area (Å²) in [6.07, 6.45) is 1.85. The molecule has 1 saturated heterocycles. The molecule has 4 nitrogen and oxygen atoms in total. The molecule has 0 radical (unpaired) electrons. The standard InChI is InChI=1S/C15H24N2O2S/c1-3-10-20(18,19)15-6-4-14(5-7-15)17-9-8-13(12-17)11-16-2/h4-7,13,16H,3,8-12H2,1-2H3. The predicted octanol–water partition coefficient (Wildman–Crippen LogP) is 1.92. The maximum atomic E-state index is 12.0. The second-order valence-corrected chi connectivity index (χ2v) is 7.58. The van der Waals surface area contributed by atoms with Crippen LogP contribution in [-0.4, -0.2) is 40.9 Å². The number of benzene rings is 1. The molecule has 112 valence electrons. The summed E-state index contributed by atoms with van der Waals surface area (Å²) in [6, 6.07) is 7.35. The molecule has 5 heteroatoms. The first-order chi connectivity index (χ1) is 9.56. The van der Waals surface area contributed by atoms with Crippen LogP contribution in [0.4, 0.5) is 5.69 Å². The zero-order valence-electron chi connectivity index (χ0n) is 12.3. The van der Waals surface area contributed by atoms with E-state index in [-0.39, 0.29) is 5.75 Å². The van der Waals surface area contributed by atoms with Gasteiger partial charge in [0.15, 0.2) is 9.84 Å². The Hall–Kier alpha value is -1.07. The molecule has 1 aliphatic heterocycles. The summed E-state index contributed by atoms with van der Waals surface area (Å²) in [6.45, 7) is 5.02. The van der Waals surface area contributed by atoms with Gasteiger partial charge in [0.2, 0.25) is 0 Å². The normalized spacial score (nSPS) is 19.5. The Labute approximate surface area is 122 Å². The minimum Gasteiger partial charge on any atom is -0.371 e. The average molecular weight is 296 g/mol. The molecule has 1 aromatic rings. The zero-order chi connectivity index (χ0) is 14.6. The quantitative estimate of drug-likeness (QED) is 0.871. The van der Waals surface area contributed by atoms with Gasteiger partial charge in [0, 0.05) is 18.8 Å². The van der Waals surface area contributed by atoms with Gasteiger partial charge in [-0.1, -0.05) is 6.92 Å². The van der Waals surface area contributed by atoms with Crippen LogP contribution < -0.4 is 10.2 Å². The Morgan fingerprint density at radius 1 is 1.30 bits per heavy atom. The lowest BCUT2D eigenvalue weighted by atomic mass is 10.1. The molecule has 1 aromatic carbocycles. The minimum atomic E-state index is -3.10. The lowest BCUT2D eigenvalue weighted by Crippen LogP contribution is -2.24. The fraction of sp³-hybridized carbons (Fsp3) is 0.600. The van der Waals surface area contributed by atoms with Crippen molar-refractivity contribution in [2.24, 2.45) is 5.92 Å². The van der Waals surface area contributed by atoms with Crippen LogP contribution in [0.15, 0.2) is 29.2 Å². The van der Waals surface area contributed by atoms with Crippen LogP contribution in [0, 0.1) is 5.92 Å². The maximum Gasteiger partial charge on any atom is 0.178 e. The molecule has 1 N–H and O–H groups in total. The molecular formula is C15H24N2O2S. The Bertz CT molecular complexity index is 525. The summed E-state index contributed by atoms with van der Waals surface area (Å²) in [5.41, 5.74) is 1.12. The molecule has 0 aromatic heterocycles. The molecule has 1 aliphatic rings. The summed E-state index contributed by atoms with van der Waals surface area (Å²) in [5.74, 6) is 0.906. The minimum absolute atomic E-state index is 0.223. The van der Waals surface area contributed by atoms with Gasteiger partial charge < -0.3 is 10.2 Å². The van der Waals surface area contributed by atoms with Crippen LogP contribution in [0.2, 0.25) is 0 Å². The van der Waals surface area contributed by atoms with Crippen LogP contribution in [-0.2, 0) is 9.84 Å². The second-order valence-electron chi connectivity index (χ2n) is 5.47. The summed E-state index contributed by atoms with van der Waals surface area (Å²) in [7, 11) is -1.12. The smallest absolute Gasteiger partial charge is 0.178 e. The largest absolute Gasteiger partial charge is 0.371 e. The topological polar surface area (TPSA) is 49.4 Å². The second kappa shape index (κ2) is 6.59. The molecule has 0 bridgehead atoms. The van der Waals surface area contributed by atoms with E-state index in [1.54, 1.807) is 12.1 Å². The van der Waals surface area contributed by atoms with E-state index >= 15 is 0 Å². The number of nitrogens with one attached hydrogen (secondary N) is 1. The number of nitrogens with zero attached hydrogens (tertiary/aromatic N) is 1. The zero-order valence-corrected chi connectivity index (χ0v) is 13.1. The van der Waals surface area contributed by atoms with E-state index in [1.165, 1.54) is 6.42 Å². The molecule has 2 rings (SSSR count). The van der Waals surface area contributed by atoms with Crippen molar-refractivity contribution in [3.63, 3.8) is 0 Å². The van der Waals surface area contributed by atoms with Gasteiger partial charge in [-0.15, -0.1) is 0 Å². The fourth-order valence-electron chi connectivity index (χ4n) is 2.77. The SMILES string of the molecule is CCCS(=O)(=O)c1ccc(N2CCC(CNC)C2)cc1. The van der Waals surface area contributed by atoms with Gasteiger partial charge in [-0.05, 0) is 56.6 Å². The highest BCUT2D eigenvalue weighted by atomic mass is 32.2. The van der Waals surface area contributed by atoms with E-state index in [4.69, 9.17) is 0 Å². The van der Waals surface area contributed by atoms with Gasteiger partial charge in [0.25, 0.3) is 0 Å². The molecule has 1 heterocycles. The maximum absolute atomic E-state index is 12.0. The number of hydrogen-bond acceptors (Lipinski definition) is 4. The lowest BCUT2D eigenvalue weighted by molar-refractivity contribution is 0.549. The van der Waals surface area contributed by atoms with Crippen LogP contribution in [0.25, 0.3) is 0 Å². The number of rotatable bonds is 6. The van der Waals surface area contributed by atoms with Crippen LogP contribution in [0.5, 0.6) is 0 Å². The van der Waals surface area contributed by atoms with Crippen molar-refractivity contribution >= 4 is 15.5 Å². The van der Waals surface area contributed by atoms with E-state index < -0.39 is 9.84 Å². The molecule has 1 fully saturated rings. The Balaban J connectivity index is 2.06. The van der Waals surface area contributed by atoms with Crippen LogP contribution in [0.3, 0.4) is 0 Å². The van der Waals surface area contributed by atoms with Gasteiger partial charge in [0.1, 0.15) is 0 Å². The number of hydrogen-bond donors (Lipinski definition) is 1. The third-order valence-electron chi connectivity index (χ3n) is 3.81. The van der Waals surface area contributed by atoms with Gasteiger partial charge in [0.05, 0.1) is 10.6 Å². The summed E-state index contributed by atoms with van der Waals surface area (Å²) in [4.78, 5) is 2.77. The van der Waals surface area contributed by atoms with E-state index in [0.29, 0.717) is 17.2 Å². The number of anilines is 1. The highest BCUT2D eigenvalue weighted by Gasteiger charge is 2.22. The molecular weight excluding hydrogens is 272 g/mol. The number of sulfone groups is 1. The molecule has 0 amide bonds. The van der Waals surface area contributed by atoms with Crippen molar-refractivity contribution < 1.29 is 8.42 Å². The Kier molecular flexibility index (Phi) is 5.05. The summed E-state index contributed by atoms with van der Waals surface area (Å²) in [5, 5.41) is 3.22. The monoisotopic (exact) mass is 296 g/mol. The van der Waals surface area contributed by atoms with Gasteiger partial charge >= 0.3 is 0 Å². The lowest BCUT2D eigenvalue weighted by Gasteiger charge is -2.19. The highest BCUT2D eigenvalue weighted by molar-refractivity contribution is 7.91. The molecule has 0 saturated carbocycles. The first-order valence-electron chi connectivity index (χ1n) is 7.29. The predicted molar refractivity (Wildman–Crippen MR) is 83.0 cm³/mol. The molecule has 20 heavy (non-hydrogen) atoms. The van der Waals surface area contributed by atoms with E-state index in [1.807, 2.05) is 26.1 Å². The first kappa shape index (κ1) is 15.3. The highest BCUT2D eigenvalue weighted by Crippen LogP contribution is 2.25. The van der Waals surface area contributed by atoms with E-state index in [0.717, 1.165) is 25.3 Å². The molecule has 0 aliphatic carbocycles. The summed E-state index contributed by atoms with van der Waals surface area (Å²) >= 11 is 0. The first-order valence-corrected chi connectivity index (χ1v) is 8.94. The summed E-state index contributed by atoms with van der Waals surface area (Å²) < 4.78 is 24.0. The van der Waals surface area contributed by atoms with Crippen LogP contribution >= 0.6 is 0 Å². The van der Waals surface area contributed by atoms with Crippen molar-refractivity contribution in [3.8, 4) is 0 Å². The van der Waals surface area contributed by atoms with E-state index in [2.05, 4.69) is 10.2 Å². The molecule has 1 atom stereocenters. The third-order valence-corrected chi connectivity index (χ3v) is 5.75. The van der Waals surface area contributed by atoms with E-state index in [9.17, 15) is 8.42 Å². The van der Waals surface area contributed by atoms with Crippen molar-refractivity contribution in [1.82, 2.24) is 5.32 Å². The molecule has 0 spiro atoms. The van der Waals surface area contributed by atoms with Crippen molar-refractivity contribution in [1.29, 1.82) is 0 Å². The van der Waals surface area contributed by atoms with Crippen molar-refractivity contribution in [3.05, 3.63) is 24.3 Å². The Morgan fingerprint density at radius 2 is 2.00 bits per heavy atom. The third kappa shape index (κ3) is 3.52. The van der Waals surface area contributed by atoms with Crippen molar-refractivity contribution in [2.45, 2.75) is 24.7 Å². The average Bonchev–Trinajstić information content (AvgIpc) is 2.88. The van der Waals surface area contributed by atoms with Gasteiger partial charge in [-0.3, -0.25) is 0 Å². The fourth-order valence-corrected chi connectivity index (χ4v) is 4.10. The van der Waals surface area contributed by atoms with Gasteiger partial charge in [-0.25, -0.2) is 8.42 Å². The van der Waals surface area contributed by atoms with Crippen molar-refractivity contribution in [2.75, 3.05) is 37.3 Å². The van der Waals surface area contributed by atoms with Gasteiger partial charge in [-0.2, -0.15) is 0 Å². The molecule has 1 unspecified atom stereocenters. The van der Waals surface area contributed by atoms with Crippen LogP contribution in [0.1, 0.15) is 19.8 Å².